The second kappa shape index (κ2) is 49.4. The van der Waals surface area contributed by atoms with Crippen LogP contribution in [0.2, 0.25) is 64.5 Å². The molecule has 0 aliphatic heterocycles. The van der Waals surface area contributed by atoms with Crippen molar-refractivity contribution < 1.29 is 8.23 Å². The number of allylic oxidation sites excluding steroid dienone is 1. The van der Waals surface area contributed by atoms with Gasteiger partial charge in [-0.25, -0.2) is 0 Å². The molecular weight excluding hydrogens is 817 g/mol. The van der Waals surface area contributed by atoms with E-state index in [1.54, 1.807) is 0 Å². The largest absolute Gasteiger partial charge is 0.461 e. The van der Waals surface area contributed by atoms with Gasteiger partial charge in [-0.15, -0.1) is 0 Å². The molecule has 0 bridgehead atoms. The minimum absolute atomic E-state index is 0.667. The van der Waals surface area contributed by atoms with Crippen LogP contribution in [0.5, 0.6) is 0 Å². The van der Waals surface area contributed by atoms with Gasteiger partial charge in [0, 0.05) is 0 Å². The Labute approximate surface area is 402 Å². The van der Waals surface area contributed by atoms with E-state index < -0.39 is 34.7 Å². The van der Waals surface area contributed by atoms with Gasteiger partial charge in [-0.1, -0.05) is 259 Å². The van der Waals surface area contributed by atoms with Crippen molar-refractivity contribution in [2.24, 2.45) is 11.8 Å². The number of rotatable bonds is 44. The molecular formula is C56H124O2Si4. The van der Waals surface area contributed by atoms with Crippen molar-refractivity contribution in [1.82, 2.24) is 0 Å². The molecule has 62 heavy (non-hydrogen) atoms. The van der Waals surface area contributed by atoms with E-state index >= 15 is 0 Å². The van der Waals surface area contributed by atoms with Crippen molar-refractivity contribution >= 4 is 34.7 Å². The molecule has 376 valence electrons. The average molecular weight is 942 g/mol. The van der Waals surface area contributed by atoms with Crippen LogP contribution in [-0.4, -0.2) is 34.7 Å². The lowest BCUT2D eigenvalue weighted by molar-refractivity contribution is 0.398. The third-order valence-electron chi connectivity index (χ3n) is 12.8. The molecule has 0 N–H and O–H groups in total. The van der Waals surface area contributed by atoms with Crippen LogP contribution in [0.25, 0.3) is 0 Å². The molecule has 2 atom stereocenters. The van der Waals surface area contributed by atoms with Gasteiger partial charge in [-0.3, -0.25) is 0 Å². The number of hydrogen-bond donors (Lipinski definition) is 0. The van der Waals surface area contributed by atoms with Crippen LogP contribution in [0.1, 0.15) is 273 Å². The predicted molar refractivity (Wildman–Crippen MR) is 301 cm³/mol. The maximum Gasteiger partial charge on any atom is 0.173 e. The minimum atomic E-state index is -1.65. The molecule has 0 aliphatic carbocycles. The van der Waals surface area contributed by atoms with E-state index in [2.05, 4.69) is 100 Å². The number of hydrogen-bond acceptors (Lipinski definition) is 2. The fourth-order valence-electron chi connectivity index (χ4n) is 9.69. The van der Waals surface area contributed by atoms with Crippen LogP contribution in [0.4, 0.5) is 0 Å². The van der Waals surface area contributed by atoms with Gasteiger partial charge < -0.3 is 8.23 Å². The highest BCUT2D eigenvalue weighted by molar-refractivity contribution is 6.84. The SMILES string of the molecule is C=C(CCCCCC)CCCCCCCC.CCCCCCCCC(CCCCCC)C[Si](C)(C)O[Si](C)(C)CC(CCCCCC)CCCCCCCC.C[SiH](C)O[SiH](C)C. The molecule has 0 aromatic heterocycles. The quantitative estimate of drug-likeness (QED) is 0.0344. The summed E-state index contributed by atoms with van der Waals surface area (Å²) in [6.45, 7) is 37.2. The summed E-state index contributed by atoms with van der Waals surface area (Å²) in [5, 5.41) is 0. The van der Waals surface area contributed by atoms with Crippen molar-refractivity contribution in [3.8, 4) is 0 Å². The van der Waals surface area contributed by atoms with Crippen LogP contribution in [0.3, 0.4) is 0 Å². The van der Waals surface area contributed by atoms with E-state index in [-0.39, 0.29) is 0 Å². The Kier molecular flexibility index (Phi) is 53.3. The molecule has 0 spiro atoms. The van der Waals surface area contributed by atoms with Crippen LogP contribution >= 0.6 is 0 Å². The second-order valence-corrected chi connectivity index (χ2v) is 35.8. The molecule has 2 nitrogen and oxygen atoms in total. The fourth-order valence-corrected chi connectivity index (χ4v) is 24.3. The van der Waals surface area contributed by atoms with Gasteiger partial charge in [0.25, 0.3) is 0 Å². The summed E-state index contributed by atoms with van der Waals surface area (Å²) in [5.41, 5.74) is 1.49. The van der Waals surface area contributed by atoms with Crippen LogP contribution in [-0.2, 0) is 8.23 Å². The Morgan fingerprint density at radius 1 is 0.371 bits per heavy atom. The van der Waals surface area contributed by atoms with E-state index in [0.29, 0.717) is 0 Å². The molecule has 0 saturated heterocycles. The van der Waals surface area contributed by atoms with Gasteiger partial charge in [0.1, 0.15) is 0 Å². The number of unbranched alkanes of at least 4 members (excludes halogenated alkanes) is 24. The minimum Gasteiger partial charge on any atom is -0.461 e. The molecule has 0 aromatic rings. The van der Waals surface area contributed by atoms with Crippen molar-refractivity contribution in [1.29, 1.82) is 0 Å². The van der Waals surface area contributed by atoms with Crippen molar-refractivity contribution in [3.63, 3.8) is 0 Å². The van der Waals surface area contributed by atoms with Crippen LogP contribution < -0.4 is 0 Å². The van der Waals surface area contributed by atoms with Crippen molar-refractivity contribution in [3.05, 3.63) is 12.2 Å². The summed E-state index contributed by atoms with van der Waals surface area (Å²) in [6, 6.07) is 2.81. The van der Waals surface area contributed by atoms with Crippen molar-refractivity contribution in [2.75, 3.05) is 0 Å². The lowest BCUT2D eigenvalue weighted by Gasteiger charge is -2.38. The summed E-state index contributed by atoms with van der Waals surface area (Å²) in [6.07, 6.45) is 50.7. The summed E-state index contributed by atoms with van der Waals surface area (Å²) in [4.78, 5) is 0. The molecule has 0 fully saturated rings. The summed E-state index contributed by atoms with van der Waals surface area (Å²) in [5.74, 6) is 1.82. The zero-order valence-electron chi connectivity index (χ0n) is 46.2. The van der Waals surface area contributed by atoms with E-state index in [4.69, 9.17) is 8.23 Å². The van der Waals surface area contributed by atoms with Gasteiger partial charge >= 0.3 is 0 Å². The maximum absolute atomic E-state index is 7.34. The smallest absolute Gasteiger partial charge is 0.173 e. The zero-order valence-corrected chi connectivity index (χ0v) is 50.5. The van der Waals surface area contributed by atoms with E-state index in [1.165, 1.54) is 249 Å². The highest BCUT2D eigenvalue weighted by Gasteiger charge is 2.36. The maximum atomic E-state index is 7.34. The monoisotopic (exact) mass is 941 g/mol. The standard InChI is InChI=1S/C36H78OSi2.C16H32.C4H14OSi2/c1-9-13-17-21-23-27-31-35(29-25-19-15-11-3)33-38(5,6)37-39(7,8)34-36(30-26-20-16-12-4)32-28-24-22-18-14-10-2;1-4-6-8-10-11-13-15-16(3)14-12-9-7-5-2;1-6(2)5-7(3)4/h35-36H,9-34H2,1-8H3;3-15H2,1-2H3;6-7H,1-4H3. The summed E-state index contributed by atoms with van der Waals surface area (Å²) < 4.78 is 12.9. The first kappa shape index (κ1) is 66.8. The van der Waals surface area contributed by atoms with E-state index in [1.807, 2.05) is 0 Å². The van der Waals surface area contributed by atoms with E-state index in [0.717, 1.165) is 11.8 Å². The molecule has 0 heterocycles. The normalized spacial score (nSPS) is 12.9. The van der Waals surface area contributed by atoms with Gasteiger partial charge in [0.15, 0.2) is 34.7 Å². The first-order chi connectivity index (χ1) is 29.6. The first-order valence-corrected chi connectivity index (χ1v) is 40.4. The highest BCUT2D eigenvalue weighted by atomic mass is 28.4. The van der Waals surface area contributed by atoms with Gasteiger partial charge in [0.2, 0.25) is 0 Å². The Morgan fingerprint density at radius 2 is 0.597 bits per heavy atom. The first-order valence-electron chi connectivity index (χ1n) is 28.6. The third-order valence-corrected chi connectivity index (χ3v) is 24.7. The van der Waals surface area contributed by atoms with Crippen molar-refractivity contribution in [2.45, 2.75) is 337 Å². The lowest BCUT2D eigenvalue weighted by atomic mass is 9.96. The molecule has 0 aromatic carbocycles. The fraction of sp³-hybridized carbons (Fsp3) is 0.964. The highest BCUT2D eigenvalue weighted by Crippen LogP contribution is 2.34. The molecule has 0 aliphatic rings. The molecule has 0 saturated carbocycles. The zero-order chi connectivity index (χ0) is 47.2. The summed E-state index contributed by atoms with van der Waals surface area (Å²) >= 11 is 0. The second-order valence-electron chi connectivity index (χ2n) is 21.9. The molecule has 0 radical (unpaired) electrons. The Hall–Kier alpha value is 0.528. The topological polar surface area (TPSA) is 18.5 Å². The van der Waals surface area contributed by atoms with Gasteiger partial charge in [0.05, 0.1) is 0 Å². The Morgan fingerprint density at radius 3 is 0.855 bits per heavy atom. The molecule has 0 amide bonds. The molecule has 6 heteroatoms. The Balaban J connectivity index is -0.00000123. The third kappa shape index (κ3) is 54.9. The van der Waals surface area contributed by atoms with Gasteiger partial charge in [-0.2, -0.15) is 0 Å². The van der Waals surface area contributed by atoms with Crippen LogP contribution in [0.15, 0.2) is 12.2 Å². The predicted octanol–water partition coefficient (Wildman–Crippen LogP) is 21.3. The molecule has 0 rings (SSSR count). The van der Waals surface area contributed by atoms with Gasteiger partial charge in [-0.05, 0) is 102 Å². The lowest BCUT2D eigenvalue weighted by Crippen LogP contribution is -2.46. The molecule has 2 unspecified atom stereocenters. The average Bonchev–Trinajstić information content (AvgIpc) is 3.19. The Bertz CT molecular complexity index is 826. The van der Waals surface area contributed by atoms with E-state index in [9.17, 15) is 0 Å². The van der Waals surface area contributed by atoms with Crippen LogP contribution in [0, 0.1) is 11.8 Å². The summed E-state index contributed by atoms with van der Waals surface area (Å²) in [7, 11) is -4.64.